The van der Waals surface area contributed by atoms with Crippen LogP contribution < -0.4 is 5.32 Å². The molecule has 0 aliphatic rings. The van der Waals surface area contributed by atoms with E-state index in [0.717, 1.165) is 24.3 Å². The molecule has 2 amide bonds. The summed E-state index contributed by atoms with van der Waals surface area (Å²) in [4.78, 5) is 13.5. The Labute approximate surface area is 124 Å². The Morgan fingerprint density at radius 1 is 1.33 bits per heavy atom. The molecule has 0 atom stereocenters. The molecule has 1 heterocycles. The summed E-state index contributed by atoms with van der Waals surface area (Å²) in [5.41, 5.74) is 2.05. The largest absolute Gasteiger partial charge is 0.361 e. The van der Waals surface area contributed by atoms with Crippen molar-refractivity contribution in [3.8, 4) is 0 Å². The van der Waals surface area contributed by atoms with Crippen LogP contribution in [0.25, 0.3) is 0 Å². The molecule has 112 valence electrons. The fourth-order valence-corrected chi connectivity index (χ4v) is 2.07. The number of benzene rings is 1. The molecule has 1 aromatic heterocycles. The van der Waals surface area contributed by atoms with Crippen molar-refractivity contribution in [1.29, 1.82) is 0 Å². The van der Waals surface area contributed by atoms with E-state index in [0.29, 0.717) is 13.1 Å². The minimum absolute atomic E-state index is 0.0938. The van der Waals surface area contributed by atoms with E-state index in [1.807, 2.05) is 31.2 Å². The number of nitrogens with one attached hydrogen (secondary N) is 1. The summed E-state index contributed by atoms with van der Waals surface area (Å²) in [5, 5.41) is 6.79. The molecule has 0 spiro atoms. The van der Waals surface area contributed by atoms with Gasteiger partial charge >= 0.3 is 6.03 Å². The number of rotatable bonds is 6. The Balaban J connectivity index is 1.67. The molecular formula is C16H21N3O2. The topological polar surface area (TPSA) is 58.4 Å². The summed E-state index contributed by atoms with van der Waals surface area (Å²) in [6.45, 7) is 2.94. The van der Waals surface area contributed by atoms with Gasteiger partial charge in [0.05, 0.1) is 6.54 Å². The lowest BCUT2D eigenvalue weighted by molar-refractivity contribution is 0.205. The van der Waals surface area contributed by atoms with E-state index in [9.17, 15) is 4.79 Å². The van der Waals surface area contributed by atoms with Crippen molar-refractivity contribution in [1.82, 2.24) is 15.4 Å². The number of hydrogen-bond acceptors (Lipinski definition) is 3. The van der Waals surface area contributed by atoms with Gasteiger partial charge in [-0.05, 0) is 25.3 Å². The number of aryl methyl sites for hydroxylation is 2. The lowest BCUT2D eigenvalue weighted by Gasteiger charge is -2.16. The Bertz CT molecular complexity index is 566. The van der Waals surface area contributed by atoms with Gasteiger partial charge in [-0.15, -0.1) is 0 Å². The number of amides is 2. The molecule has 5 nitrogen and oxygen atoms in total. The van der Waals surface area contributed by atoms with Crippen LogP contribution in [-0.2, 0) is 13.0 Å². The number of nitrogens with zero attached hydrogens (tertiary/aromatic N) is 2. The summed E-state index contributed by atoms with van der Waals surface area (Å²) in [6.07, 6.45) is 1.89. The predicted molar refractivity (Wildman–Crippen MR) is 80.9 cm³/mol. The number of aromatic nitrogens is 1. The van der Waals surface area contributed by atoms with Crippen LogP contribution in [0.1, 0.15) is 23.4 Å². The van der Waals surface area contributed by atoms with Crippen LogP contribution in [0.5, 0.6) is 0 Å². The fraction of sp³-hybridized carbons (Fsp3) is 0.375. The van der Waals surface area contributed by atoms with Crippen molar-refractivity contribution in [3.63, 3.8) is 0 Å². The molecule has 21 heavy (non-hydrogen) atoms. The summed E-state index contributed by atoms with van der Waals surface area (Å²) in [5.74, 6) is 0.752. The highest BCUT2D eigenvalue weighted by molar-refractivity contribution is 5.73. The second-order valence-electron chi connectivity index (χ2n) is 5.11. The molecule has 0 radical (unpaired) electrons. The number of urea groups is 1. The van der Waals surface area contributed by atoms with E-state index in [2.05, 4.69) is 22.6 Å². The molecule has 1 N–H and O–H groups in total. The summed E-state index contributed by atoms with van der Waals surface area (Å²) >= 11 is 0. The highest BCUT2D eigenvalue weighted by Gasteiger charge is 2.10. The molecule has 2 rings (SSSR count). The smallest absolute Gasteiger partial charge is 0.317 e. The van der Waals surface area contributed by atoms with Gasteiger partial charge < -0.3 is 14.7 Å². The van der Waals surface area contributed by atoms with Gasteiger partial charge in [-0.1, -0.05) is 35.5 Å². The molecule has 0 aliphatic heterocycles. The molecule has 0 fully saturated rings. The summed E-state index contributed by atoms with van der Waals surface area (Å²) < 4.78 is 4.98. The maximum absolute atomic E-state index is 11.9. The molecule has 2 aromatic rings. The third-order valence-electron chi connectivity index (χ3n) is 3.18. The van der Waals surface area contributed by atoms with Crippen molar-refractivity contribution in [2.24, 2.45) is 0 Å². The van der Waals surface area contributed by atoms with Crippen LogP contribution in [0.2, 0.25) is 0 Å². The highest BCUT2D eigenvalue weighted by Crippen LogP contribution is 2.05. The SMILES string of the molecule is Cc1cc(CN(C)C(=O)NCCCc2ccccc2)no1. The molecular weight excluding hydrogens is 266 g/mol. The van der Waals surface area contributed by atoms with Gasteiger partial charge in [0.25, 0.3) is 0 Å². The number of carbonyl (C=O) groups excluding carboxylic acids is 1. The van der Waals surface area contributed by atoms with Crippen molar-refractivity contribution >= 4 is 6.03 Å². The third-order valence-corrected chi connectivity index (χ3v) is 3.18. The molecule has 0 bridgehead atoms. The first kappa shape index (κ1) is 15.1. The first-order valence-electron chi connectivity index (χ1n) is 7.10. The van der Waals surface area contributed by atoms with Gasteiger partial charge in [-0.3, -0.25) is 0 Å². The summed E-state index contributed by atoms with van der Waals surface area (Å²) in [7, 11) is 1.75. The van der Waals surface area contributed by atoms with E-state index in [-0.39, 0.29) is 6.03 Å². The molecule has 1 aromatic carbocycles. The Kier molecular flexibility index (Phi) is 5.37. The van der Waals surface area contributed by atoms with E-state index >= 15 is 0 Å². The molecule has 0 aliphatic carbocycles. The van der Waals surface area contributed by atoms with E-state index in [1.165, 1.54) is 5.56 Å². The van der Waals surface area contributed by atoms with Gasteiger partial charge in [0.1, 0.15) is 11.5 Å². The number of hydrogen-bond donors (Lipinski definition) is 1. The van der Waals surface area contributed by atoms with E-state index in [1.54, 1.807) is 11.9 Å². The number of carbonyl (C=O) groups is 1. The van der Waals surface area contributed by atoms with Gasteiger partial charge in [0, 0.05) is 19.7 Å². The van der Waals surface area contributed by atoms with Gasteiger partial charge in [0.15, 0.2) is 0 Å². The van der Waals surface area contributed by atoms with Gasteiger partial charge in [-0.25, -0.2) is 4.79 Å². The minimum Gasteiger partial charge on any atom is -0.361 e. The predicted octanol–water partition coefficient (Wildman–Crippen LogP) is 2.76. The average molecular weight is 287 g/mol. The minimum atomic E-state index is -0.0938. The zero-order valence-corrected chi connectivity index (χ0v) is 12.5. The third kappa shape index (κ3) is 4.95. The Hall–Kier alpha value is -2.30. The maximum atomic E-state index is 11.9. The van der Waals surface area contributed by atoms with Crippen LogP contribution in [0.4, 0.5) is 4.79 Å². The van der Waals surface area contributed by atoms with E-state index in [4.69, 9.17) is 4.52 Å². The van der Waals surface area contributed by atoms with Gasteiger partial charge in [0.2, 0.25) is 0 Å². The van der Waals surface area contributed by atoms with Crippen molar-refractivity contribution < 1.29 is 9.32 Å². The molecule has 0 saturated heterocycles. The lowest BCUT2D eigenvalue weighted by Crippen LogP contribution is -2.37. The van der Waals surface area contributed by atoms with Crippen LogP contribution in [-0.4, -0.2) is 29.7 Å². The van der Waals surface area contributed by atoms with Crippen LogP contribution in [0.3, 0.4) is 0 Å². The Morgan fingerprint density at radius 3 is 2.76 bits per heavy atom. The quantitative estimate of drug-likeness (QED) is 0.831. The van der Waals surface area contributed by atoms with Crippen molar-refractivity contribution in [2.75, 3.05) is 13.6 Å². The zero-order chi connectivity index (χ0) is 15.1. The lowest BCUT2D eigenvalue weighted by atomic mass is 10.1. The monoisotopic (exact) mass is 287 g/mol. The molecule has 0 unspecified atom stereocenters. The Morgan fingerprint density at radius 2 is 2.10 bits per heavy atom. The van der Waals surface area contributed by atoms with Crippen LogP contribution in [0.15, 0.2) is 40.9 Å². The first-order chi connectivity index (χ1) is 10.1. The van der Waals surface area contributed by atoms with Crippen LogP contribution in [0, 0.1) is 6.92 Å². The normalized spacial score (nSPS) is 10.4. The fourth-order valence-electron chi connectivity index (χ4n) is 2.07. The standard InChI is InChI=1S/C16H21N3O2/c1-13-11-15(18-21-13)12-19(2)16(20)17-10-6-9-14-7-4-3-5-8-14/h3-5,7-8,11H,6,9-10,12H2,1-2H3,(H,17,20). The molecule has 5 heteroatoms. The maximum Gasteiger partial charge on any atom is 0.317 e. The highest BCUT2D eigenvalue weighted by atomic mass is 16.5. The second kappa shape index (κ2) is 7.47. The van der Waals surface area contributed by atoms with E-state index < -0.39 is 0 Å². The average Bonchev–Trinajstić information content (AvgIpc) is 2.89. The van der Waals surface area contributed by atoms with Gasteiger partial charge in [-0.2, -0.15) is 0 Å². The zero-order valence-electron chi connectivity index (χ0n) is 12.5. The summed E-state index contributed by atoms with van der Waals surface area (Å²) in [6, 6.07) is 12.0. The van der Waals surface area contributed by atoms with Crippen LogP contribution >= 0.6 is 0 Å². The van der Waals surface area contributed by atoms with Crippen molar-refractivity contribution in [2.45, 2.75) is 26.3 Å². The first-order valence-corrected chi connectivity index (χ1v) is 7.10. The van der Waals surface area contributed by atoms with Crippen molar-refractivity contribution in [3.05, 3.63) is 53.4 Å². The second-order valence-corrected chi connectivity index (χ2v) is 5.11. The molecule has 0 saturated carbocycles.